The Bertz CT molecular complexity index is 1150. The van der Waals surface area contributed by atoms with Crippen molar-refractivity contribution in [2.45, 2.75) is 0 Å². The van der Waals surface area contributed by atoms with Crippen LogP contribution in [-0.2, 0) is 0 Å². The molecule has 0 heterocycles. The summed E-state index contributed by atoms with van der Waals surface area (Å²) in [7, 11) is 2.92. The van der Waals surface area contributed by atoms with Crippen molar-refractivity contribution in [3.8, 4) is 11.5 Å². The van der Waals surface area contributed by atoms with Crippen molar-refractivity contribution < 1.29 is 19.1 Å². The third-order valence-corrected chi connectivity index (χ3v) is 5.07. The van der Waals surface area contributed by atoms with Crippen molar-refractivity contribution in [3.63, 3.8) is 0 Å². The van der Waals surface area contributed by atoms with E-state index in [0.29, 0.717) is 32.9 Å². The molecule has 0 fully saturated rings. The first kappa shape index (κ1) is 22.7. The summed E-state index contributed by atoms with van der Waals surface area (Å²) >= 11 is 18.3. The van der Waals surface area contributed by atoms with Gasteiger partial charge in [-0.2, -0.15) is 0 Å². The minimum Gasteiger partial charge on any atom is -0.496 e. The molecule has 0 spiro atoms. The number of hydrogen-bond donors (Lipinski definition) is 2. The van der Waals surface area contributed by atoms with E-state index in [9.17, 15) is 9.59 Å². The van der Waals surface area contributed by atoms with Crippen LogP contribution in [0.2, 0.25) is 15.1 Å². The summed E-state index contributed by atoms with van der Waals surface area (Å²) in [6.07, 6.45) is 0. The number of carbonyl (C=O) groups excluding carboxylic acids is 2. The fourth-order valence-electron chi connectivity index (χ4n) is 2.80. The first-order chi connectivity index (χ1) is 14.8. The molecule has 3 aromatic carbocycles. The number of methoxy groups -OCH3 is 2. The maximum atomic E-state index is 12.6. The minimum absolute atomic E-state index is 0.227. The van der Waals surface area contributed by atoms with Gasteiger partial charge in [0.15, 0.2) is 0 Å². The Kier molecular flexibility index (Phi) is 7.28. The summed E-state index contributed by atoms with van der Waals surface area (Å²) < 4.78 is 10.4. The standard InChI is InChI=1S/C22H17Cl3N2O4/c1-30-19-7-3-12(23)9-15(19)21(28)26-14-5-6-18(17(25)11-14)27-22(29)16-10-13(24)4-8-20(16)31-2/h3-11H,1-2H3,(H,26,28)(H,27,29). The quantitative estimate of drug-likeness (QED) is 0.443. The van der Waals surface area contributed by atoms with Crippen molar-refractivity contribution in [2.24, 2.45) is 0 Å². The van der Waals surface area contributed by atoms with Gasteiger partial charge in [-0.1, -0.05) is 34.8 Å². The predicted octanol–water partition coefficient (Wildman–Crippen LogP) is 6.17. The number of benzene rings is 3. The van der Waals surface area contributed by atoms with E-state index in [0.717, 1.165) is 0 Å². The van der Waals surface area contributed by atoms with E-state index >= 15 is 0 Å². The highest BCUT2D eigenvalue weighted by Crippen LogP contribution is 2.29. The van der Waals surface area contributed by atoms with Crippen molar-refractivity contribution in [1.29, 1.82) is 0 Å². The number of rotatable bonds is 6. The second-order valence-electron chi connectivity index (χ2n) is 6.29. The average Bonchev–Trinajstić information content (AvgIpc) is 2.75. The van der Waals surface area contributed by atoms with Gasteiger partial charge >= 0.3 is 0 Å². The van der Waals surface area contributed by atoms with Crippen LogP contribution in [0, 0.1) is 0 Å². The smallest absolute Gasteiger partial charge is 0.259 e. The van der Waals surface area contributed by atoms with Gasteiger partial charge in [0, 0.05) is 15.7 Å². The second kappa shape index (κ2) is 9.92. The Morgan fingerprint density at radius 2 is 1.23 bits per heavy atom. The Balaban J connectivity index is 1.78. The molecular weight excluding hydrogens is 463 g/mol. The molecule has 0 aliphatic rings. The molecule has 9 heteroatoms. The molecule has 0 bridgehead atoms. The van der Waals surface area contributed by atoms with Crippen molar-refractivity contribution >= 4 is 58.0 Å². The molecule has 0 saturated heterocycles. The zero-order valence-electron chi connectivity index (χ0n) is 16.5. The molecule has 0 unspecified atom stereocenters. The van der Waals surface area contributed by atoms with Gasteiger partial charge in [-0.05, 0) is 54.6 Å². The van der Waals surface area contributed by atoms with E-state index in [2.05, 4.69) is 10.6 Å². The van der Waals surface area contributed by atoms with Gasteiger partial charge in [0.1, 0.15) is 11.5 Å². The number of halogens is 3. The lowest BCUT2D eigenvalue weighted by atomic mass is 10.1. The molecule has 6 nitrogen and oxygen atoms in total. The van der Waals surface area contributed by atoms with Crippen LogP contribution in [-0.4, -0.2) is 26.0 Å². The fraction of sp³-hybridized carbons (Fsp3) is 0.0909. The van der Waals surface area contributed by atoms with Crippen molar-refractivity contribution in [2.75, 3.05) is 24.9 Å². The van der Waals surface area contributed by atoms with Crippen LogP contribution >= 0.6 is 34.8 Å². The average molecular weight is 480 g/mol. The summed E-state index contributed by atoms with van der Waals surface area (Å²) in [4.78, 5) is 25.3. The van der Waals surface area contributed by atoms with Gasteiger partial charge in [0.25, 0.3) is 11.8 Å². The van der Waals surface area contributed by atoms with Gasteiger partial charge in [0.05, 0.1) is 36.1 Å². The van der Waals surface area contributed by atoms with Gasteiger partial charge < -0.3 is 20.1 Å². The summed E-state index contributed by atoms with van der Waals surface area (Å²) in [5, 5.41) is 6.46. The highest BCUT2D eigenvalue weighted by atomic mass is 35.5. The summed E-state index contributed by atoms with van der Waals surface area (Å²) in [6.45, 7) is 0. The van der Waals surface area contributed by atoms with Crippen LogP contribution in [0.25, 0.3) is 0 Å². The lowest BCUT2D eigenvalue weighted by molar-refractivity contribution is 0.101. The zero-order valence-corrected chi connectivity index (χ0v) is 18.7. The summed E-state index contributed by atoms with van der Waals surface area (Å²) in [5.41, 5.74) is 1.32. The first-order valence-corrected chi connectivity index (χ1v) is 10.0. The van der Waals surface area contributed by atoms with E-state index < -0.39 is 11.8 Å². The van der Waals surface area contributed by atoms with Crippen molar-refractivity contribution in [3.05, 3.63) is 80.8 Å². The van der Waals surface area contributed by atoms with Crippen LogP contribution in [0.1, 0.15) is 20.7 Å². The largest absolute Gasteiger partial charge is 0.496 e. The lowest BCUT2D eigenvalue weighted by Gasteiger charge is -2.13. The number of amides is 2. The van der Waals surface area contributed by atoms with E-state index in [1.54, 1.807) is 36.4 Å². The molecule has 0 radical (unpaired) electrons. The predicted molar refractivity (Wildman–Crippen MR) is 123 cm³/mol. The van der Waals surface area contributed by atoms with Crippen LogP contribution in [0.4, 0.5) is 11.4 Å². The third-order valence-electron chi connectivity index (χ3n) is 4.29. The molecule has 2 N–H and O–H groups in total. The van der Waals surface area contributed by atoms with E-state index in [1.807, 2.05) is 0 Å². The number of ether oxygens (including phenoxy) is 2. The van der Waals surface area contributed by atoms with Crippen molar-refractivity contribution in [1.82, 2.24) is 0 Å². The molecule has 0 aliphatic heterocycles. The molecule has 0 atom stereocenters. The molecule has 0 saturated carbocycles. The zero-order chi connectivity index (χ0) is 22.5. The first-order valence-electron chi connectivity index (χ1n) is 8.91. The maximum Gasteiger partial charge on any atom is 0.259 e. The monoisotopic (exact) mass is 478 g/mol. The summed E-state index contributed by atoms with van der Waals surface area (Å²) in [6, 6.07) is 14.1. The Morgan fingerprint density at radius 1 is 0.710 bits per heavy atom. The topological polar surface area (TPSA) is 76.7 Å². The molecular formula is C22H17Cl3N2O4. The van der Waals surface area contributed by atoms with Crippen LogP contribution < -0.4 is 20.1 Å². The molecule has 160 valence electrons. The molecule has 2 amide bonds. The van der Waals surface area contributed by atoms with Gasteiger partial charge in [-0.15, -0.1) is 0 Å². The van der Waals surface area contributed by atoms with Crippen LogP contribution in [0.15, 0.2) is 54.6 Å². The number of anilines is 2. The van der Waals surface area contributed by atoms with Crippen LogP contribution in [0.3, 0.4) is 0 Å². The lowest BCUT2D eigenvalue weighted by Crippen LogP contribution is -2.15. The Hall–Kier alpha value is -2.93. The SMILES string of the molecule is COc1ccc(Cl)cc1C(=O)Nc1ccc(NC(=O)c2cc(Cl)ccc2OC)c(Cl)c1. The molecule has 3 aromatic rings. The number of hydrogen-bond acceptors (Lipinski definition) is 4. The molecule has 31 heavy (non-hydrogen) atoms. The number of carbonyl (C=O) groups is 2. The summed E-state index contributed by atoms with van der Waals surface area (Å²) in [5.74, 6) is -0.109. The maximum absolute atomic E-state index is 12.6. The Labute approximate surface area is 194 Å². The number of nitrogens with one attached hydrogen (secondary N) is 2. The van der Waals surface area contributed by atoms with E-state index in [-0.39, 0.29) is 16.1 Å². The molecule has 0 aliphatic carbocycles. The highest BCUT2D eigenvalue weighted by Gasteiger charge is 2.16. The normalized spacial score (nSPS) is 10.4. The molecule has 3 rings (SSSR count). The van der Waals surface area contributed by atoms with Gasteiger partial charge in [-0.25, -0.2) is 0 Å². The van der Waals surface area contributed by atoms with E-state index in [1.165, 1.54) is 32.4 Å². The third kappa shape index (κ3) is 5.41. The van der Waals surface area contributed by atoms with E-state index in [4.69, 9.17) is 44.3 Å². The van der Waals surface area contributed by atoms with Gasteiger partial charge in [-0.3, -0.25) is 9.59 Å². The Morgan fingerprint density at radius 3 is 1.71 bits per heavy atom. The molecule has 0 aromatic heterocycles. The fourth-order valence-corrected chi connectivity index (χ4v) is 3.37. The van der Waals surface area contributed by atoms with Gasteiger partial charge in [0.2, 0.25) is 0 Å². The minimum atomic E-state index is -0.443. The highest BCUT2D eigenvalue weighted by molar-refractivity contribution is 6.34. The van der Waals surface area contributed by atoms with Crippen LogP contribution in [0.5, 0.6) is 11.5 Å². The second-order valence-corrected chi connectivity index (χ2v) is 7.57.